The normalized spacial score (nSPS) is 14.8. The number of benzene rings is 16. The topological polar surface area (TPSA) is 16.3 Å². The van der Waals surface area contributed by atoms with Crippen molar-refractivity contribution >= 4 is 101 Å². The summed E-state index contributed by atoms with van der Waals surface area (Å²) in [6, 6.07) is 83.2. The van der Waals surface area contributed by atoms with Crippen LogP contribution < -0.4 is 26.2 Å². The standard InChI is InChI=1S/C112H95BN4/c1-109(2,3)82-42-26-36-75(64-82)73-34-24-38-77(62-73)88-50-30-52-90(79-40-28-44-84(66-79)111(7,8)9)107(88)116-102-70-86(114-98-54-20-16-46-92(98)93-47-17-21-55-99(93)114)58-60-96(102)113-97-61-59-87(115-100-56-22-18-48-94(100)95-49-19-23-57-101(95)115)71-103(97)117(105-69-81(68-104(116)106(105)113)72-32-14-13-15-33-72)108-89(51-31-53-91(108)80-41-29-45-85(67-80)112(10,11)12)78-39-25-35-74(63-78)76-37-27-43-83(65-76)110(4,5)6/h13-71H,1-12H3/i16D,17D,18D,19D,20D,21D,22D,23D,46D,47D,48D,49D,54D,55D,56D,57D. The second-order valence-electron chi connectivity index (χ2n) is 35.3. The minimum atomic E-state index is -0.826. The predicted molar refractivity (Wildman–Crippen MR) is 502 cm³/mol. The monoisotopic (exact) mass is 1520 g/mol. The maximum atomic E-state index is 10.0. The van der Waals surface area contributed by atoms with E-state index in [0.717, 1.165) is 117 Å². The van der Waals surface area contributed by atoms with Crippen LogP contribution in [0.15, 0.2) is 358 Å². The fraction of sp³-hybridized carbons (Fsp3) is 0.143. The first-order chi connectivity index (χ1) is 63.2. The Bertz CT molecular complexity index is 7440. The van der Waals surface area contributed by atoms with Crippen LogP contribution in [0.25, 0.3) is 133 Å². The van der Waals surface area contributed by atoms with Gasteiger partial charge in [-0.2, -0.15) is 0 Å². The van der Waals surface area contributed by atoms with E-state index in [0.29, 0.717) is 34.1 Å². The van der Waals surface area contributed by atoms with Gasteiger partial charge in [-0.25, -0.2) is 0 Å². The van der Waals surface area contributed by atoms with Crippen LogP contribution in [-0.4, -0.2) is 15.8 Å². The molecule has 0 radical (unpaired) electrons. The van der Waals surface area contributed by atoms with Gasteiger partial charge in [-0.15, -0.1) is 0 Å². The molecule has 5 heteroatoms. The summed E-state index contributed by atoms with van der Waals surface area (Å²) >= 11 is 0. The van der Waals surface area contributed by atoms with E-state index >= 15 is 0 Å². The highest BCUT2D eigenvalue weighted by molar-refractivity contribution is 7.00. The zero-order chi connectivity index (χ0) is 93.9. The molecule has 0 saturated heterocycles. The highest BCUT2D eigenvalue weighted by Crippen LogP contribution is 2.56. The number of nitrogens with zero attached hydrogens (tertiary/aromatic N) is 4. The number of hydrogen-bond acceptors (Lipinski definition) is 2. The third kappa shape index (κ3) is 12.5. The summed E-state index contributed by atoms with van der Waals surface area (Å²) in [5.74, 6) is 0. The largest absolute Gasteiger partial charge is 0.310 e. The van der Waals surface area contributed by atoms with Crippen molar-refractivity contribution in [2.75, 3.05) is 9.80 Å². The number of aromatic nitrogens is 2. The molecule has 2 aromatic heterocycles. The lowest BCUT2D eigenvalue weighted by molar-refractivity contribution is 0.590. The van der Waals surface area contributed by atoms with Crippen LogP contribution in [0.2, 0.25) is 0 Å². The van der Waals surface area contributed by atoms with E-state index in [1.165, 1.54) is 11.1 Å². The summed E-state index contributed by atoms with van der Waals surface area (Å²) in [5.41, 5.74) is 22.5. The molecule has 0 fully saturated rings. The zero-order valence-corrected chi connectivity index (χ0v) is 67.7. The zero-order valence-electron chi connectivity index (χ0n) is 83.7. The van der Waals surface area contributed by atoms with Crippen molar-refractivity contribution in [3.05, 3.63) is 380 Å². The van der Waals surface area contributed by atoms with Gasteiger partial charge in [-0.3, -0.25) is 0 Å². The number of anilines is 6. The first-order valence-electron chi connectivity index (χ1n) is 48.3. The molecule has 0 amide bonds. The van der Waals surface area contributed by atoms with Gasteiger partial charge in [0.1, 0.15) is 0 Å². The van der Waals surface area contributed by atoms with Crippen LogP contribution in [-0.2, 0) is 21.7 Å². The number of hydrogen-bond donors (Lipinski definition) is 0. The lowest BCUT2D eigenvalue weighted by Crippen LogP contribution is -2.61. The van der Waals surface area contributed by atoms with Gasteiger partial charge in [0, 0.05) is 77.9 Å². The van der Waals surface area contributed by atoms with Crippen LogP contribution in [0.1, 0.15) is 127 Å². The molecule has 2 aliphatic rings. The van der Waals surface area contributed by atoms with E-state index < -0.39 is 103 Å². The van der Waals surface area contributed by atoms with Gasteiger partial charge in [-0.05, 0) is 189 Å². The lowest BCUT2D eigenvalue weighted by Gasteiger charge is -2.46. The molecule has 0 aliphatic carbocycles. The molecular formula is C112H95BN4. The van der Waals surface area contributed by atoms with Crippen LogP contribution in [0.3, 0.4) is 0 Å². The summed E-state index contributed by atoms with van der Waals surface area (Å²) in [4.78, 5) is 4.71. The second-order valence-corrected chi connectivity index (χ2v) is 35.3. The molecule has 0 unspecified atom stereocenters. The molecule has 4 nitrogen and oxygen atoms in total. The van der Waals surface area contributed by atoms with Crippen molar-refractivity contribution in [3.63, 3.8) is 0 Å². The van der Waals surface area contributed by atoms with Crippen molar-refractivity contribution in [2.24, 2.45) is 0 Å². The molecule has 20 rings (SSSR count). The maximum Gasteiger partial charge on any atom is 0.252 e. The molecule has 117 heavy (non-hydrogen) atoms. The molecule has 16 aromatic carbocycles. The Kier molecular flexibility index (Phi) is 13.5. The Hall–Kier alpha value is -13.2. The van der Waals surface area contributed by atoms with Gasteiger partial charge >= 0.3 is 0 Å². The average molecular weight is 1520 g/mol. The Balaban J connectivity index is 1.00. The number of fused-ring (bicyclic) bond motifs is 10. The van der Waals surface area contributed by atoms with E-state index in [1.807, 2.05) is 54.6 Å². The molecule has 0 atom stereocenters. The number of rotatable bonds is 11. The second kappa shape index (κ2) is 27.8. The summed E-state index contributed by atoms with van der Waals surface area (Å²) in [7, 11) is 0. The lowest BCUT2D eigenvalue weighted by atomic mass is 9.33. The van der Waals surface area contributed by atoms with Gasteiger partial charge in [0.05, 0.1) is 55.4 Å². The van der Waals surface area contributed by atoms with Crippen molar-refractivity contribution in [1.29, 1.82) is 0 Å². The molecule has 0 saturated carbocycles. The first kappa shape index (κ1) is 56.9. The highest BCUT2D eigenvalue weighted by Gasteiger charge is 2.46. The molecule has 0 spiro atoms. The van der Waals surface area contributed by atoms with Crippen molar-refractivity contribution in [2.45, 2.75) is 105 Å². The summed E-state index contributed by atoms with van der Waals surface area (Å²) < 4.78 is 157. The quantitative estimate of drug-likeness (QED) is 0.120. The Morgan fingerprint density at radius 1 is 0.239 bits per heavy atom. The molecule has 566 valence electrons. The van der Waals surface area contributed by atoms with Gasteiger partial charge in [0.15, 0.2) is 0 Å². The van der Waals surface area contributed by atoms with Crippen molar-refractivity contribution < 1.29 is 21.9 Å². The van der Waals surface area contributed by atoms with Crippen molar-refractivity contribution in [1.82, 2.24) is 9.13 Å². The van der Waals surface area contributed by atoms with Crippen LogP contribution in [0.4, 0.5) is 34.1 Å². The highest BCUT2D eigenvalue weighted by atomic mass is 15.2. The Labute approximate surface area is 711 Å². The molecule has 2 aliphatic heterocycles. The van der Waals surface area contributed by atoms with E-state index in [4.69, 9.17) is 0 Å². The van der Waals surface area contributed by atoms with E-state index in [2.05, 4.69) is 299 Å². The third-order valence-electron chi connectivity index (χ3n) is 23.8. The smallest absolute Gasteiger partial charge is 0.252 e. The maximum absolute atomic E-state index is 10.0. The molecule has 0 N–H and O–H groups in total. The SMILES string of the molecule is [2H]c1c([2H])c([2H])c2c(c1[2H])c1c([2H])c([2H])c([2H])c([2H])c1n2-c1ccc2c(c1)N(c1c(-c3cccc(-c4cccc(C(C)(C)C)c4)c3)cccc1-c1cccc(C(C)(C)C)c1)c1cc(-c3ccccc3)cc3c1B2c1ccc(-n2c4c([2H])c([2H])c([2H])c([2H])c4c4c([2H])c([2H])c([2H])c([2H])c42)cc1N3c1c(-c2cccc(-c3cccc(C(C)(C)C)c3)c2)cccc1-c1cccc(C(C)(C)C)c1. The molecule has 0 bridgehead atoms. The Morgan fingerprint density at radius 3 is 0.863 bits per heavy atom. The minimum absolute atomic E-state index is 0.0609. The van der Waals surface area contributed by atoms with Crippen LogP contribution >= 0.6 is 0 Å². The van der Waals surface area contributed by atoms with Gasteiger partial charge < -0.3 is 18.9 Å². The van der Waals surface area contributed by atoms with E-state index in [1.54, 1.807) is 9.13 Å². The molecule has 18 aromatic rings. The van der Waals surface area contributed by atoms with Crippen molar-refractivity contribution in [3.8, 4) is 89.3 Å². The van der Waals surface area contributed by atoms with Gasteiger partial charge in [0.2, 0.25) is 0 Å². The van der Waals surface area contributed by atoms with Gasteiger partial charge in [-0.1, -0.05) is 368 Å². The van der Waals surface area contributed by atoms with E-state index in [9.17, 15) is 21.9 Å². The van der Waals surface area contributed by atoms with Crippen LogP contribution in [0.5, 0.6) is 0 Å². The van der Waals surface area contributed by atoms with Gasteiger partial charge in [0.25, 0.3) is 6.71 Å². The number of para-hydroxylation sites is 6. The first-order valence-corrected chi connectivity index (χ1v) is 40.3. The average Bonchev–Trinajstić information content (AvgIpc) is 0.859. The predicted octanol–water partition coefficient (Wildman–Crippen LogP) is 28.8. The van der Waals surface area contributed by atoms with E-state index in [-0.39, 0.29) is 65.3 Å². The summed E-state index contributed by atoms with van der Waals surface area (Å²) in [6.45, 7) is 25.7. The summed E-state index contributed by atoms with van der Waals surface area (Å²) in [5, 5.41) is -0.326. The molecule has 4 heterocycles. The Morgan fingerprint density at radius 2 is 0.521 bits per heavy atom. The third-order valence-corrected chi connectivity index (χ3v) is 23.8. The fourth-order valence-electron chi connectivity index (χ4n) is 17.8. The fourth-order valence-corrected chi connectivity index (χ4v) is 17.8. The van der Waals surface area contributed by atoms with Crippen LogP contribution in [0, 0.1) is 0 Å². The minimum Gasteiger partial charge on any atom is -0.310 e. The summed E-state index contributed by atoms with van der Waals surface area (Å²) in [6.07, 6.45) is 0. The molecular weight excluding hydrogens is 1410 g/mol.